The van der Waals surface area contributed by atoms with Gasteiger partial charge >= 0.3 is 0 Å². The van der Waals surface area contributed by atoms with Gasteiger partial charge in [0.2, 0.25) is 0 Å². The minimum absolute atomic E-state index is 0.188. The van der Waals surface area contributed by atoms with Crippen LogP contribution in [0.3, 0.4) is 0 Å². The van der Waals surface area contributed by atoms with Crippen molar-refractivity contribution in [1.29, 1.82) is 0 Å². The van der Waals surface area contributed by atoms with E-state index in [4.69, 9.17) is 5.73 Å². The second-order valence-corrected chi connectivity index (χ2v) is 3.71. The van der Waals surface area contributed by atoms with Gasteiger partial charge < -0.3 is 21.3 Å². The van der Waals surface area contributed by atoms with Gasteiger partial charge in [0.1, 0.15) is 0 Å². The summed E-state index contributed by atoms with van der Waals surface area (Å²) in [6.07, 6.45) is 0.280. The molecule has 0 saturated carbocycles. The summed E-state index contributed by atoms with van der Waals surface area (Å²) in [7, 11) is 0. The van der Waals surface area contributed by atoms with Gasteiger partial charge in [-0.05, 0) is 0 Å². The van der Waals surface area contributed by atoms with E-state index in [0.717, 1.165) is 0 Å². The molecule has 0 aliphatic carbocycles. The number of nitrogens with zero attached hydrogens (tertiary/aromatic N) is 3. The molecule has 2 rings (SSSR count). The van der Waals surface area contributed by atoms with Crippen LogP contribution in [0.25, 0.3) is 0 Å². The Morgan fingerprint density at radius 2 is 2.40 bits per heavy atom. The molecule has 0 radical (unpaired) electrons. The molecular formula is C8H15N5O2. The number of hydrogen-bond donors (Lipinski definition) is 4. The van der Waals surface area contributed by atoms with Gasteiger partial charge in [-0.15, -0.1) is 5.10 Å². The topological polar surface area (TPSA) is 109 Å². The Kier molecular flexibility index (Phi) is 2.96. The Bertz CT molecular complexity index is 329. The molecule has 1 saturated heterocycles. The van der Waals surface area contributed by atoms with Crippen molar-refractivity contribution in [2.75, 3.05) is 6.54 Å². The molecule has 84 valence electrons. The Morgan fingerprint density at radius 1 is 1.60 bits per heavy atom. The molecule has 1 aromatic rings. The van der Waals surface area contributed by atoms with Crippen molar-refractivity contribution in [2.45, 2.75) is 31.3 Å². The standard InChI is InChI=1S/C8H15N5O2/c9-1-5-3-13(12-11-5)4-6-8(15)7(14)2-10-6/h3,6-8,10,14-15H,1-2,4,9H2/t6-,7+,8-/m0/s1. The summed E-state index contributed by atoms with van der Waals surface area (Å²) in [5.74, 6) is 0. The first kappa shape index (κ1) is 10.5. The van der Waals surface area contributed by atoms with Crippen molar-refractivity contribution in [3.05, 3.63) is 11.9 Å². The third kappa shape index (κ3) is 2.15. The first-order valence-corrected chi connectivity index (χ1v) is 4.89. The summed E-state index contributed by atoms with van der Waals surface area (Å²) in [5, 5.41) is 29.6. The molecule has 5 N–H and O–H groups in total. The molecule has 1 aliphatic heterocycles. The Labute approximate surface area is 86.9 Å². The van der Waals surface area contributed by atoms with Gasteiger partial charge in [0.25, 0.3) is 0 Å². The molecule has 3 atom stereocenters. The van der Waals surface area contributed by atoms with Gasteiger partial charge in [0, 0.05) is 19.3 Å². The molecule has 0 aromatic carbocycles. The number of β-amino-alcohol motifs (C(OH)–C–C–N with tert-alkyl or cyclic N) is 1. The second kappa shape index (κ2) is 4.23. The smallest absolute Gasteiger partial charge is 0.0982 e. The fraction of sp³-hybridized carbons (Fsp3) is 0.750. The molecule has 7 nitrogen and oxygen atoms in total. The number of hydrogen-bond acceptors (Lipinski definition) is 6. The molecule has 0 spiro atoms. The second-order valence-electron chi connectivity index (χ2n) is 3.71. The molecule has 1 fully saturated rings. The molecule has 0 unspecified atom stereocenters. The van der Waals surface area contributed by atoms with Crippen LogP contribution < -0.4 is 11.1 Å². The monoisotopic (exact) mass is 213 g/mol. The lowest BCUT2D eigenvalue weighted by Gasteiger charge is -2.15. The highest BCUT2D eigenvalue weighted by Gasteiger charge is 2.33. The zero-order valence-corrected chi connectivity index (χ0v) is 8.24. The van der Waals surface area contributed by atoms with Crippen molar-refractivity contribution in [3.63, 3.8) is 0 Å². The minimum Gasteiger partial charge on any atom is -0.389 e. The Hall–Kier alpha value is -1.02. The number of aromatic nitrogens is 3. The van der Waals surface area contributed by atoms with E-state index in [1.807, 2.05) is 0 Å². The lowest BCUT2D eigenvalue weighted by atomic mass is 10.1. The highest BCUT2D eigenvalue weighted by molar-refractivity contribution is 4.94. The molecule has 0 bridgehead atoms. The van der Waals surface area contributed by atoms with Crippen molar-refractivity contribution < 1.29 is 10.2 Å². The molecule has 1 aromatic heterocycles. The number of aliphatic hydroxyl groups excluding tert-OH is 2. The predicted molar refractivity (Wildman–Crippen MR) is 51.7 cm³/mol. The Balaban J connectivity index is 1.97. The molecule has 2 heterocycles. The summed E-state index contributed by atoms with van der Waals surface area (Å²) in [6.45, 7) is 1.23. The number of aliphatic hydroxyl groups is 2. The normalized spacial score (nSPS) is 31.0. The number of nitrogens with two attached hydrogens (primary N) is 1. The van der Waals surface area contributed by atoms with Crippen molar-refractivity contribution in [2.24, 2.45) is 5.73 Å². The number of rotatable bonds is 3. The number of nitrogens with one attached hydrogen (secondary N) is 1. The highest BCUT2D eigenvalue weighted by Crippen LogP contribution is 2.09. The third-order valence-corrected chi connectivity index (χ3v) is 2.57. The zero-order valence-electron chi connectivity index (χ0n) is 8.24. The summed E-state index contributed by atoms with van der Waals surface area (Å²) in [6, 6.07) is -0.188. The third-order valence-electron chi connectivity index (χ3n) is 2.57. The van der Waals surface area contributed by atoms with Crippen LogP contribution in [0.15, 0.2) is 6.20 Å². The maximum absolute atomic E-state index is 9.58. The fourth-order valence-electron chi connectivity index (χ4n) is 1.68. The van der Waals surface area contributed by atoms with Crippen molar-refractivity contribution >= 4 is 0 Å². The summed E-state index contributed by atoms with van der Waals surface area (Å²) >= 11 is 0. The van der Waals surface area contributed by atoms with Crippen LogP contribution in [0.1, 0.15) is 5.69 Å². The maximum Gasteiger partial charge on any atom is 0.0982 e. The minimum atomic E-state index is -0.754. The first-order valence-electron chi connectivity index (χ1n) is 4.89. The van der Waals surface area contributed by atoms with Gasteiger partial charge in [-0.2, -0.15) is 0 Å². The highest BCUT2D eigenvalue weighted by atomic mass is 16.3. The van der Waals surface area contributed by atoms with Crippen LogP contribution in [-0.2, 0) is 13.1 Å². The van der Waals surface area contributed by atoms with E-state index in [1.165, 1.54) is 0 Å². The van der Waals surface area contributed by atoms with E-state index >= 15 is 0 Å². The average molecular weight is 213 g/mol. The van der Waals surface area contributed by atoms with E-state index in [1.54, 1.807) is 10.9 Å². The molecular weight excluding hydrogens is 198 g/mol. The quantitative estimate of drug-likeness (QED) is 0.439. The van der Waals surface area contributed by atoms with Crippen LogP contribution in [0.5, 0.6) is 0 Å². The average Bonchev–Trinajstić information content (AvgIpc) is 2.80. The van der Waals surface area contributed by atoms with Crippen LogP contribution in [-0.4, -0.2) is 50.0 Å². The molecule has 7 heteroatoms. The predicted octanol–water partition coefficient (Wildman–Crippen LogP) is -2.57. The zero-order chi connectivity index (χ0) is 10.8. The van der Waals surface area contributed by atoms with Crippen molar-refractivity contribution in [1.82, 2.24) is 20.3 Å². The largest absolute Gasteiger partial charge is 0.389 e. The van der Waals surface area contributed by atoms with Crippen LogP contribution >= 0.6 is 0 Å². The van der Waals surface area contributed by atoms with Crippen LogP contribution in [0, 0.1) is 0 Å². The van der Waals surface area contributed by atoms with Gasteiger partial charge in [-0.1, -0.05) is 5.21 Å². The lowest BCUT2D eigenvalue weighted by Crippen LogP contribution is -2.36. The van der Waals surface area contributed by atoms with Gasteiger partial charge in [0.15, 0.2) is 0 Å². The molecule has 1 aliphatic rings. The summed E-state index contributed by atoms with van der Waals surface area (Å²) in [5.41, 5.74) is 6.11. The van der Waals surface area contributed by atoms with E-state index in [0.29, 0.717) is 25.3 Å². The van der Waals surface area contributed by atoms with Crippen molar-refractivity contribution in [3.8, 4) is 0 Å². The van der Waals surface area contributed by atoms with Crippen LogP contribution in [0.4, 0.5) is 0 Å². The maximum atomic E-state index is 9.58. The SMILES string of the molecule is NCc1cn(C[C@@H]2NC[C@@H](O)[C@H]2O)nn1. The fourth-order valence-corrected chi connectivity index (χ4v) is 1.68. The summed E-state index contributed by atoms with van der Waals surface area (Å²) < 4.78 is 1.61. The first-order chi connectivity index (χ1) is 7.20. The van der Waals surface area contributed by atoms with Gasteiger partial charge in [-0.25, -0.2) is 0 Å². The van der Waals surface area contributed by atoms with E-state index in [9.17, 15) is 10.2 Å². The Morgan fingerprint density at radius 3 is 2.93 bits per heavy atom. The van der Waals surface area contributed by atoms with E-state index in [2.05, 4.69) is 15.6 Å². The summed E-state index contributed by atoms with van der Waals surface area (Å²) in [4.78, 5) is 0. The van der Waals surface area contributed by atoms with E-state index in [-0.39, 0.29) is 6.04 Å². The van der Waals surface area contributed by atoms with Crippen LogP contribution in [0.2, 0.25) is 0 Å². The van der Waals surface area contributed by atoms with E-state index < -0.39 is 12.2 Å². The lowest BCUT2D eigenvalue weighted by molar-refractivity contribution is 0.0372. The molecule has 0 amide bonds. The van der Waals surface area contributed by atoms with Gasteiger partial charge in [0.05, 0.1) is 30.5 Å². The van der Waals surface area contributed by atoms with Gasteiger partial charge in [-0.3, -0.25) is 4.68 Å². The molecule has 15 heavy (non-hydrogen) atoms.